The molecule has 0 aliphatic rings. The lowest BCUT2D eigenvalue weighted by atomic mass is 10.1. The zero-order valence-corrected chi connectivity index (χ0v) is 14.8. The van der Waals surface area contributed by atoms with Crippen LogP contribution in [-0.4, -0.2) is 33.6 Å². The lowest BCUT2D eigenvalue weighted by Gasteiger charge is -2.19. The van der Waals surface area contributed by atoms with Gasteiger partial charge in [-0.3, -0.25) is 0 Å². The van der Waals surface area contributed by atoms with Gasteiger partial charge in [0.15, 0.2) is 0 Å². The predicted molar refractivity (Wildman–Crippen MR) is 94.1 cm³/mol. The molecule has 25 heavy (non-hydrogen) atoms. The summed E-state index contributed by atoms with van der Waals surface area (Å²) in [6.07, 6.45) is 2.98. The lowest BCUT2D eigenvalue weighted by molar-refractivity contribution is 0.225. The van der Waals surface area contributed by atoms with Crippen molar-refractivity contribution < 1.29 is 14.3 Å². The first-order chi connectivity index (χ1) is 12.0. The summed E-state index contributed by atoms with van der Waals surface area (Å²) in [4.78, 5) is 12.1. The third-order valence-corrected chi connectivity index (χ3v) is 4.24. The molecular formula is C18H25FN4O2. The van der Waals surface area contributed by atoms with Gasteiger partial charge in [-0.15, -0.1) is 0 Å². The number of nitrogens with zero attached hydrogens (tertiary/aromatic N) is 2. The van der Waals surface area contributed by atoms with Crippen molar-refractivity contribution in [1.82, 2.24) is 20.4 Å². The van der Waals surface area contributed by atoms with Crippen LogP contribution in [0.3, 0.4) is 0 Å². The smallest absolute Gasteiger partial charge is 0.315 e. The number of aromatic nitrogens is 2. The molecule has 136 valence electrons. The highest BCUT2D eigenvalue weighted by atomic mass is 19.1. The number of nitrogens with one attached hydrogen (secondary N) is 2. The van der Waals surface area contributed by atoms with Crippen molar-refractivity contribution in [3.8, 4) is 5.69 Å². The Morgan fingerprint density at radius 3 is 2.60 bits per heavy atom. The highest BCUT2D eigenvalue weighted by molar-refractivity contribution is 5.74. The van der Waals surface area contributed by atoms with Crippen molar-refractivity contribution in [2.45, 2.75) is 45.7 Å². The van der Waals surface area contributed by atoms with E-state index in [4.69, 9.17) is 5.11 Å². The first-order valence-corrected chi connectivity index (χ1v) is 8.44. The van der Waals surface area contributed by atoms with Gasteiger partial charge in [0.25, 0.3) is 0 Å². The second-order valence-electron chi connectivity index (χ2n) is 6.03. The van der Waals surface area contributed by atoms with Crippen LogP contribution >= 0.6 is 0 Å². The first-order valence-electron chi connectivity index (χ1n) is 8.44. The maximum Gasteiger partial charge on any atom is 0.315 e. The number of hydrogen-bond donors (Lipinski definition) is 3. The topological polar surface area (TPSA) is 79.2 Å². The summed E-state index contributed by atoms with van der Waals surface area (Å²) in [5.41, 5.74) is 2.52. The summed E-state index contributed by atoms with van der Waals surface area (Å²) >= 11 is 0. The van der Waals surface area contributed by atoms with Crippen LogP contribution in [0.4, 0.5) is 9.18 Å². The SMILES string of the molecule is CCC(CCO)NC(=O)NC(C)c1cnn(-c2ccc(F)cc2)c1C. The number of carbonyl (C=O) groups is 1. The number of carbonyl (C=O) groups excluding carboxylic acids is 1. The van der Waals surface area contributed by atoms with E-state index in [2.05, 4.69) is 15.7 Å². The maximum absolute atomic E-state index is 13.1. The molecular weight excluding hydrogens is 323 g/mol. The number of benzene rings is 1. The fourth-order valence-corrected chi connectivity index (χ4v) is 2.73. The molecule has 2 atom stereocenters. The molecule has 2 amide bonds. The van der Waals surface area contributed by atoms with Crippen molar-refractivity contribution >= 4 is 6.03 Å². The highest BCUT2D eigenvalue weighted by Gasteiger charge is 2.17. The van der Waals surface area contributed by atoms with E-state index in [1.165, 1.54) is 12.1 Å². The minimum Gasteiger partial charge on any atom is -0.396 e. The standard InChI is InChI=1S/C18H25FN4O2/c1-4-15(9-10-24)22-18(25)21-12(2)17-11-20-23(13(17)3)16-7-5-14(19)6-8-16/h5-8,11-12,15,24H,4,9-10H2,1-3H3,(H2,21,22,25). The second kappa shape index (κ2) is 8.62. The van der Waals surface area contributed by atoms with Crippen LogP contribution < -0.4 is 10.6 Å². The molecule has 1 aromatic carbocycles. The van der Waals surface area contributed by atoms with Gasteiger partial charge in [-0.05, 0) is 51.0 Å². The molecule has 0 saturated heterocycles. The average molecular weight is 348 g/mol. The molecule has 0 saturated carbocycles. The van der Waals surface area contributed by atoms with Gasteiger partial charge in [-0.25, -0.2) is 13.9 Å². The molecule has 0 fully saturated rings. The maximum atomic E-state index is 13.1. The van der Waals surface area contributed by atoms with Gasteiger partial charge in [0.1, 0.15) is 5.82 Å². The summed E-state index contributed by atoms with van der Waals surface area (Å²) in [5, 5.41) is 19.1. The minimum atomic E-state index is -0.297. The Morgan fingerprint density at radius 1 is 1.32 bits per heavy atom. The van der Waals surface area contributed by atoms with Gasteiger partial charge in [-0.1, -0.05) is 6.92 Å². The molecule has 2 rings (SSSR count). The van der Waals surface area contributed by atoms with Gasteiger partial charge in [0, 0.05) is 23.9 Å². The van der Waals surface area contributed by atoms with Crippen LogP contribution in [0.5, 0.6) is 0 Å². The van der Waals surface area contributed by atoms with Gasteiger partial charge < -0.3 is 15.7 Å². The fraction of sp³-hybridized carbons (Fsp3) is 0.444. The molecule has 2 unspecified atom stereocenters. The molecule has 0 spiro atoms. The quantitative estimate of drug-likeness (QED) is 0.720. The van der Waals surface area contributed by atoms with E-state index in [1.54, 1.807) is 23.0 Å². The van der Waals surface area contributed by atoms with Gasteiger partial charge in [-0.2, -0.15) is 5.10 Å². The summed E-state index contributed by atoms with van der Waals surface area (Å²) in [6.45, 7) is 5.78. The number of aliphatic hydroxyl groups is 1. The van der Waals surface area contributed by atoms with E-state index < -0.39 is 0 Å². The normalized spacial score (nSPS) is 13.3. The summed E-state index contributed by atoms with van der Waals surface area (Å²) < 4.78 is 14.8. The Bertz CT molecular complexity index is 700. The lowest BCUT2D eigenvalue weighted by Crippen LogP contribution is -2.43. The minimum absolute atomic E-state index is 0.0396. The number of hydrogen-bond acceptors (Lipinski definition) is 3. The van der Waals surface area contributed by atoms with Crippen molar-refractivity contribution in [2.75, 3.05) is 6.61 Å². The summed E-state index contributed by atoms with van der Waals surface area (Å²) in [5.74, 6) is -0.297. The van der Waals surface area contributed by atoms with E-state index >= 15 is 0 Å². The monoisotopic (exact) mass is 348 g/mol. The number of urea groups is 1. The molecule has 2 aromatic rings. The fourth-order valence-electron chi connectivity index (χ4n) is 2.73. The van der Waals surface area contributed by atoms with E-state index in [-0.39, 0.29) is 30.5 Å². The van der Waals surface area contributed by atoms with Gasteiger partial charge in [0.2, 0.25) is 0 Å². The molecule has 3 N–H and O–H groups in total. The Balaban J connectivity index is 2.06. The molecule has 0 radical (unpaired) electrons. The second-order valence-corrected chi connectivity index (χ2v) is 6.03. The van der Waals surface area contributed by atoms with E-state index in [1.807, 2.05) is 20.8 Å². The zero-order chi connectivity index (χ0) is 18.4. The molecule has 0 aliphatic heterocycles. The molecule has 0 aliphatic carbocycles. The largest absolute Gasteiger partial charge is 0.396 e. The molecule has 1 heterocycles. The summed E-state index contributed by atoms with van der Waals surface area (Å²) in [7, 11) is 0. The average Bonchev–Trinajstić information content (AvgIpc) is 2.96. The Hall–Kier alpha value is -2.41. The first kappa shape index (κ1) is 18.9. The van der Waals surface area contributed by atoms with E-state index in [0.29, 0.717) is 6.42 Å². The molecule has 7 heteroatoms. The Morgan fingerprint density at radius 2 is 2.00 bits per heavy atom. The Labute approximate surface area is 147 Å². The molecule has 6 nitrogen and oxygen atoms in total. The van der Waals surface area contributed by atoms with Crippen molar-refractivity contribution in [3.63, 3.8) is 0 Å². The zero-order valence-electron chi connectivity index (χ0n) is 14.8. The third kappa shape index (κ3) is 4.79. The van der Waals surface area contributed by atoms with Crippen LogP contribution in [0.2, 0.25) is 0 Å². The third-order valence-electron chi connectivity index (χ3n) is 4.24. The van der Waals surface area contributed by atoms with E-state index in [0.717, 1.165) is 23.4 Å². The van der Waals surface area contributed by atoms with Crippen LogP contribution in [0.1, 0.15) is 44.0 Å². The van der Waals surface area contributed by atoms with Crippen molar-refractivity contribution in [1.29, 1.82) is 0 Å². The number of rotatable bonds is 7. The van der Waals surface area contributed by atoms with Crippen LogP contribution in [0.25, 0.3) is 5.69 Å². The predicted octanol–water partition coefficient (Wildman–Crippen LogP) is 2.84. The molecule has 0 bridgehead atoms. The molecule has 1 aromatic heterocycles. The number of amides is 2. The van der Waals surface area contributed by atoms with Crippen molar-refractivity contribution in [3.05, 3.63) is 47.5 Å². The number of halogens is 1. The van der Waals surface area contributed by atoms with Crippen LogP contribution in [0, 0.1) is 12.7 Å². The highest BCUT2D eigenvalue weighted by Crippen LogP contribution is 2.20. The Kier molecular flexibility index (Phi) is 6.52. The van der Waals surface area contributed by atoms with Crippen LogP contribution in [0.15, 0.2) is 30.5 Å². The van der Waals surface area contributed by atoms with Gasteiger partial charge >= 0.3 is 6.03 Å². The van der Waals surface area contributed by atoms with Crippen LogP contribution in [-0.2, 0) is 0 Å². The van der Waals surface area contributed by atoms with E-state index in [9.17, 15) is 9.18 Å². The summed E-state index contributed by atoms with van der Waals surface area (Å²) in [6, 6.07) is 5.52. The van der Waals surface area contributed by atoms with Crippen molar-refractivity contribution in [2.24, 2.45) is 0 Å². The van der Waals surface area contributed by atoms with Gasteiger partial charge in [0.05, 0.1) is 17.9 Å². The number of aliphatic hydroxyl groups excluding tert-OH is 1.